The summed E-state index contributed by atoms with van der Waals surface area (Å²) in [7, 11) is -0.834. The number of nitro benzene ring substituents is 1. The Labute approximate surface area is 228 Å². The quantitative estimate of drug-likeness (QED) is 0.206. The number of allylic oxidation sites excluding steroid dienone is 2. The summed E-state index contributed by atoms with van der Waals surface area (Å²) in [6.07, 6.45) is 1.94. The number of morpholine rings is 1. The molecule has 3 aliphatic rings. The van der Waals surface area contributed by atoms with Gasteiger partial charge in [0.2, 0.25) is 0 Å². The molecule has 0 aliphatic carbocycles. The number of hydrogen-bond donors (Lipinski definition) is 0. The molecule has 3 aromatic rings. The van der Waals surface area contributed by atoms with Crippen LogP contribution in [0.1, 0.15) is 19.4 Å². The molecule has 3 heterocycles. The number of nitrogens with zero attached hydrogens (tertiary/aromatic N) is 6. The molecule has 3 aromatic carbocycles. The smallest absolute Gasteiger partial charge is 0.294 e. The van der Waals surface area contributed by atoms with E-state index in [2.05, 4.69) is 54.7 Å². The predicted octanol–water partition coefficient (Wildman–Crippen LogP) is 6.73. The summed E-state index contributed by atoms with van der Waals surface area (Å²) in [6, 6.07) is 25.2. The van der Waals surface area contributed by atoms with Gasteiger partial charge in [0.25, 0.3) is 5.69 Å². The molecule has 0 spiro atoms. The lowest BCUT2D eigenvalue weighted by molar-refractivity contribution is -0.384. The van der Waals surface area contributed by atoms with E-state index >= 15 is 0 Å². The summed E-state index contributed by atoms with van der Waals surface area (Å²) < 4.78 is 15.6. The summed E-state index contributed by atoms with van der Waals surface area (Å²) in [4.78, 5) is 14.0. The zero-order valence-electron chi connectivity index (χ0n) is 22.3. The highest BCUT2D eigenvalue weighted by Crippen LogP contribution is 2.71. The maximum absolute atomic E-state index is 12.1. The third kappa shape index (κ3) is 4.00. The molecule has 0 N–H and O–H groups in total. The number of hydrazone groups is 1. The normalized spacial score (nSPS) is 24.2. The molecule has 9 nitrogen and oxygen atoms in total. The second kappa shape index (κ2) is 9.75. The molecule has 6 rings (SSSR count). The van der Waals surface area contributed by atoms with Gasteiger partial charge in [-0.05, 0) is 29.8 Å². The van der Waals surface area contributed by atoms with E-state index in [1.807, 2.05) is 41.3 Å². The molecule has 200 valence electrons. The molecule has 0 bridgehead atoms. The fourth-order valence-corrected chi connectivity index (χ4v) is 9.75. The van der Waals surface area contributed by atoms with Gasteiger partial charge in [-0.15, -0.1) is 0 Å². The highest BCUT2D eigenvalue weighted by atomic mass is 31.2. The second-order valence-corrected chi connectivity index (χ2v) is 13.0. The lowest BCUT2D eigenvalue weighted by atomic mass is 9.84. The Hall–Kier alpha value is -3.78. The van der Waals surface area contributed by atoms with Crippen molar-refractivity contribution in [3.63, 3.8) is 0 Å². The van der Waals surface area contributed by atoms with Gasteiger partial charge >= 0.3 is 0 Å². The van der Waals surface area contributed by atoms with Gasteiger partial charge in [-0.25, -0.2) is 14.2 Å². The highest BCUT2D eigenvalue weighted by molar-refractivity contribution is 7.71. The van der Waals surface area contributed by atoms with Crippen LogP contribution in [0.3, 0.4) is 0 Å². The van der Waals surface area contributed by atoms with Crippen molar-refractivity contribution in [2.75, 3.05) is 43.0 Å². The minimum atomic E-state index is -2.92. The van der Waals surface area contributed by atoms with E-state index in [0.29, 0.717) is 32.0 Å². The minimum absolute atomic E-state index is 0.0169. The van der Waals surface area contributed by atoms with Crippen LogP contribution < -0.4 is 9.68 Å². The van der Waals surface area contributed by atoms with Gasteiger partial charge in [-0.1, -0.05) is 62.4 Å². The predicted molar refractivity (Wildman–Crippen MR) is 157 cm³/mol. The number of nitro groups is 1. The van der Waals surface area contributed by atoms with E-state index in [4.69, 9.17) is 14.6 Å². The first kappa shape index (κ1) is 25.5. The fourth-order valence-electron chi connectivity index (χ4n) is 5.92. The largest absolute Gasteiger partial charge is 0.379 e. The Balaban J connectivity index is 1.72. The van der Waals surface area contributed by atoms with Gasteiger partial charge in [0.1, 0.15) is 5.69 Å². The van der Waals surface area contributed by atoms with Gasteiger partial charge in [-0.3, -0.25) is 10.1 Å². The van der Waals surface area contributed by atoms with Crippen molar-refractivity contribution in [2.24, 2.45) is 9.85 Å². The first-order chi connectivity index (χ1) is 18.9. The van der Waals surface area contributed by atoms with Crippen molar-refractivity contribution in [2.45, 2.75) is 19.3 Å². The maximum Gasteiger partial charge on any atom is 0.294 e. The minimum Gasteiger partial charge on any atom is -0.379 e. The van der Waals surface area contributed by atoms with Crippen LogP contribution in [0, 0.1) is 10.1 Å². The van der Waals surface area contributed by atoms with Crippen molar-refractivity contribution in [3.05, 3.63) is 106 Å². The summed E-state index contributed by atoms with van der Waals surface area (Å²) in [5.41, 5.74) is 4.36. The summed E-state index contributed by atoms with van der Waals surface area (Å²) in [6.45, 7) is 6.85. The number of ether oxygens (including phenoxy) is 1. The average molecular weight is 543 g/mol. The summed E-state index contributed by atoms with van der Waals surface area (Å²) in [5, 5.41) is 18.1. The number of benzene rings is 3. The highest BCUT2D eigenvalue weighted by Gasteiger charge is 2.50. The second-order valence-electron chi connectivity index (χ2n) is 10.3. The van der Waals surface area contributed by atoms with Crippen molar-refractivity contribution < 1.29 is 9.66 Å². The Morgan fingerprint density at radius 1 is 0.974 bits per heavy atom. The first-order valence-corrected chi connectivity index (χ1v) is 14.7. The first-order valence-electron chi connectivity index (χ1n) is 13.0. The van der Waals surface area contributed by atoms with Crippen LogP contribution in [-0.4, -0.2) is 49.2 Å². The van der Waals surface area contributed by atoms with Crippen molar-refractivity contribution >= 4 is 36.3 Å². The van der Waals surface area contributed by atoms with Crippen LogP contribution >= 0.6 is 7.36 Å². The Kier molecular flexibility index (Phi) is 6.38. The monoisotopic (exact) mass is 542 g/mol. The number of likely N-dealkylation sites (N-methyl/N-ethyl adjacent to an activating group) is 1. The topological polar surface area (TPSA) is 86.8 Å². The van der Waals surface area contributed by atoms with E-state index in [1.54, 1.807) is 18.2 Å². The molecule has 3 aliphatic heterocycles. The molecule has 39 heavy (non-hydrogen) atoms. The molecule has 1 atom stereocenters. The molecule has 1 fully saturated rings. The van der Waals surface area contributed by atoms with Crippen LogP contribution in [0.15, 0.2) is 99.7 Å². The number of fused-ring (bicyclic) bond motifs is 1. The van der Waals surface area contributed by atoms with Gasteiger partial charge in [0.05, 0.1) is 35.4 Å². The zero-order valence-corrected chi connectivity index (χ0v) is 23.2. The van der Waals surface area contributed by atoms with Crippen LogP contribution in [0.5, 0.6) is 0 Å². The van der Waals surface area contributed by atoms with E-state index < -0.39 is 7.36 Å². The summed E-state index contributed by atoms with van der Waals surface area (Å²) in [5.74, 6) is 0. The van der Waals surface area contributed by atoms with Crippen molar-refractivity contribution in [3.8, 4) is 0 Å². The Morgan fingerprint density at radius 3 is 2.36 bits per heavy atom. The SMILES string of the molecule is CN1C(=C2C=NN(c3ccccc3)P2(=Nc2ccccc2[N+](=O)[O-])N2CCOCC2)C(C)(C)c2ccccc21. The van der Waals surface area contributed by atoms with Gasteiger partial charge in [0, 0.05) is 43.0 Å². The van der Waals surface area contributed by atoms with E-state index in [1.165, 1.54) is 11.6 Å². The molecule has 0 saturated carbocycles. The molecule has 0 aromatic heterocycles. The molecule has 0 amide bonds. The molecule has 1 saturated heterocycles. The standard InChI is InChI=1S/C29H31N6O3P/c1-29(2)23-13-7-9-15-25(23)32(3)28(29)27-21-30-34(22-11-5-4-6-12-22)39(27,33-17-19-38-20-18-33)31-24-14-8-10-16-26(24)35(36)37/h4-16,21H,17-20H2,1-3H3. The fraction of sp³-hybridized carbons (Fsp3) is 0.276. The lowest BCUT2D eigenvalue weighted by Crippen LogP contribution is -2.38. The molecular weight excluding hydrogens is 511 g/mol. The summed E-state index contributed by atoms with van der Waals surface area (Å²) >= 11 is 0. The molecular formula is C29H31N6O3P. The Morgan fingerprint density at radius 2 is 1.64 bits per heavy atom. The van der Waals surface area contributed by atoms with Crippen LogP contribution in [0.2, 0.25) is 0 Å². The van der Waals surface area contributed by atoms with E-state index in [0.717, 1.165) is 22.4 Å². The van der Waals surface area contributed by atoms with E-state index in [9.17, 15) is 10.1 Å². The lowest BCUT2D eigenvalue weighted by Gasteiger charge is -2.42. The zero-order chi connectivity index (χ0) is 27.2. The third-order valence-corrected chi connectivity index (χ3v) is 11.2. The molecule has 1 unspecified atom stereocenters. The van der Waals surface area contributed by atoms with Crippen LogP contribution in [-0.2, 0) is 10.2 Å². The Bertz CT molecular complexity index is 1550. The van der Waals surface area contributed by atoms with Gasteiger partial charge in [-0.2, -0.15) is 5.10 Å². The average Bonchev–Trinajstić information content (AvgIpc) is 3.42. The molecule has 10 heteroatoms. The number of anilines is 2. The van der Waals surface area contributed by atoms with Gasteiger partial charge in [0.15, 0.2) is 7.36 Å². The molecule has 0 radical (unpaired) electrons. The van der Waals surface area contributed by atoms with Crippen LogP contribution in [0.25, 0.3) is 0 Å². The van der Waals surface area contributed by atoms with E-state index in [-0.39, 0.29) is 16.0 Å². The van der Waals surface area contributed by atoms with Crippen LogP contribution in [0.4, 0.5) is 22.7 Å². The number of rotatable bonds is 4. The van der Waals surface area contributed by atoms with Crippen molar-refractivity contribution in [1.29, 1.82) is 0 Å². The van der Waals surface area contributed by atoms with Gasteiger partial charge < -0.3 is 9.64 Å². The van der Waals surface area contributed by atoms with Crippen molar-refractivity contribution in [1.82, 2.24) is 4.67 Å². The maximum atomic E-state index is 12.1. The number of para-hydroxylation sites is 3. The number of hydrogen-bond acceptors (Lipinski definition) is 6. The third-order valence-electron chi connectivity index (χ3n) is 7.68.